The molecule has 2 rings (SSSR count). The van der Waals surface area contributed by atoms with Crippen LogP contribution in [0.15, 0.2) is 18.2 Å². The maximum Gasteiger partial charge on any atom is 0.416 e. The van der Waals surface area contributed by atoms with Crippen LogP contribution in [0.2, 0.25) is 0 Å². The zero-order valence-corrected chi connectivity index (χ0v) is 9.74. The van der Waals surface area contributed by atoms with E-state index in [0.29, 0.717) is 19.0 Å². The molecule has 1 heterocycles. The van der Waals surface area contributed by atoms with Gasteiger partial charge in [-0.25, -0.2) is 0 Å². The molecule has 5 nitrogen and oxygen atoms in total. The molecule has 1 N–H and O–H groups in total. The van der Waals surface area contributed by atoms with Gasteiger partial charge in [-0.05, 0) is 25.1 Å². The molecule has 1 saturated heterocycles. The van der Waals surface area contributed by atoms with E-state index in [4.69, 9.17) is 4.74 Å². The van der Waals surface area contributed by atoms with Crippen molar-refractivity contribution in [1.82, 2.24) is 5.32 Å². The summed E-state index contributed by atoms with van der Waals surface area (Å²) in [5.41, 5.74) is -1.72. The molecule has 1 atom stereocenters. The molecule has 1 aliphatic heterocycles. The van der Waals surface area contributed by atoms with E-state index < -0.39 is 22.4 Å². The average molecular weight is 276 g/mol. The maximum atomic E-state index is 12.5. The normalized spacial score (nSPS) is 19.4. The molecule has 0 bridgehead atoms. The van der Waals surface area contributed by atoms with Crippen molar-refractivity contribution in [2.75, 3.05) is 13.1 Å². The Hall–Kier alpha value is -1.83. The zero-order chi connectivity index (χ0) is 14.0. The fourth-order valence-corrected chi connectivity index (χ4v) is 1.84. The summed E-state index contributed by atoms with van der Waals surface area (Å²) in [6, 6.07) is 2.28. The Morgan fingerprint density at radius 1 is 1.42 bits per heavy atom. The van der Waals surface area contributed by atoms with Gasteiger partial charge in [-0.2, -0.15) is 13.2 Å². The topological polar surface area (TPSA) is 64.4 Å². The molecule has 0 spiro atoms. The van der Waals surface area contributed by atoms with E-state index in [2.05, 4.69) is 5.32 Å². The van der Waals surface area contributed by atoms with Crippen LogP contribution in [0.25, 0.3) is 0 Å². The van der Waals surface area contributed by atoms with Crippen LogP contribution in [-0.2, 0) is 6.18 Å². The fraction of sp³-hybridized carbons (Fsp3) is 0.455. The molecule has 0 amide bonds. The molecule has 0 radical (unpaired) electrons. The highest BCUT2D eigenvalue weighted by Crippen LogP contribution is 2.36. The van der Waals surface area contributed by atoms with E-state index in [1.807, 2.05) is 0 Å². The molecule has 1 aliphatic rings. The zero-order valence-electron chi connectivity index (χ0n) is 9.74. The minimum atomic E-state index is -4.61. The second kappa shape index (κ2) is 5.04. The van der Waals surface area contributed by atoms with Crippen LogP contribution in [0.3, 0.4) is 0 Å². The Morgan fingerprint density at radius 3 is 2.68 bits per heavy atom. The Balaban J connectivity index is 2.29. The number of halogens is 3. The molecule has 8 heteroatoms. The predicted octanol–water partition coefficient (Wildman–Crippen LogP) is 2.35. The Morgan fingerprint density at radius 2 is 2.16 bits per heavy atom. The van der Waals surface area contributed by atoms with Crippen molar-refractivity contribution in [2.24, 2.45) is 0 Å². The summed E-state index contributed by atoms with van der Waals surface area (Å²) < 4.78 is 42.8. The van der Waals surface area contributed by atoms with Gasteiger partial charge in [-0.15, -0.1) is 0 Å². The van der Waals surface area contributed by atoms with Crippen molar-refractivity contribution in [2.45, 2.75) is 18.7 Å². The number of benzene rings is 1. The van der Waals surface area contributed by atoms with Gasteiger partial charge in [0.1, 0.15) is 6.10 Å². The first kappa shape index (κ1) is 13.6. The van der Waals surface area contributed by atoms with Gasteiger partial charge in [0.15, 0.2) is 5.75 Å². The van der Waals surface area contributed by atoms with Gasteiger partial charge < -0.3 is 10.1 Å². The molecule has 1 aromatic rings. The first-order valence-corrected chi connectivity index (χ1v) is 5.61. The number of alkyl halides is 3. The van der Waals surface area contributed by atoms with Crippen molar-refractivity contribution in [3.8, 4) is 5.75 Å². The molecule has 1 fully saturated rings. The number of hydrogen-bond donors (Lipinski definition) is 1. The summed E-state index contributed by atoms with van der Waals surface area (Å²) in [4.78, 5) is 9.95. The third kappa shape index (κ3) is 3.14. The predicted molar refractivity (Wildman–Crippen MR) is 60.0 cm³/mol. The largest absolute Gasteiger partial charge is 0.482 e. The quantitative estimate of drug-likeness (QED) is 0.680. The van der Waals surface area contributed by atoms with Crippen LogP contribution in [0, 0.1) is 10.1 Å². The molecule has 19 heavy (non-hydrogen) atoms. The fourth-order valence-electron chi connectivity index (χ4n) is 1.84. The summed E-state index contributed by atoms with van der Waals surface area (Å²) in [6.45, 7) is 1.25. The Kier molecular flexibility index (Phi) is 3.61. The first-order chi connectivity index (χ1) is 8.88. The van der Waals surface area contributed by atoms with Crippen LogP contribution >= 0.6 is 0 Å². The number of hydrogen-bond acceptors (Lipinski definition) is 4. The van der Waals surface area contributed by atoms with E-state index in [1.54, 1.807) is 0 Å². The van der Waals surface area contributed by atoms with Gasteiger partial charge in [-0.3, -0.25) is 10.1 Å². The van der Waals surface area contributed by atoms with E-state index in [0.717, 1.165) is 18.7 Å². The summed E-state index contributed by atoms with van der Waals surface area (Å²) in [5.74, 6) is -0.133. The molecule has 0 aromatic heterocycles. The van der Waals surface area contributed by atoms with Crippen molar-refractivity contribution in [3.63, 3.8) is 0 Å². The molecule has 0 saturated carbocycles. The van der Waals surface area contributed by atoms with Crippen LogP contribution in [0.4, 0.5) is 18.9 Å². The minimum absolute atomic E-state index is 0.133. The third-order valence-electron chi connectivity index (χ3n) is 2.79. The first-order valence-electron chi connectivity index (χ1n) is 5.61. The molecule has 104 valence electrons. The summed E-state index contributed by atoms with van der Waals surface area (Å²) in [5, 5.41) is 13.8. The lowest BCUT2D eigenvalue weighted by Gasteiger charge is -2.13. The highest BCUT2D eigenvalue weighted by molar-refractivity contribution is 5.49. The highest BCUT2D eigenvalue weighted by atomic mass is 19.4. The summed E-state index contributed by atoms with van der Waals surface area (Å²) in [6.07, 6.45) is -4.20. The van der Waals surface area contributed by atoms with Crippen molar-refractivity contribution in [3.05, 3.63) is 33.9 Å². The van der Waals surface area contributed by atoms with E-state index in [9.17, 15) is 23.3 Å². The van der Waals surface area contributed by atoms with E-state index in [-0.39, 0.29) is 11.9 Å². The monoisotopic (exact) mass is 276 g/mol. The number of nitrogens with zero attached hydrogens (tertiary/aromatic N) is 1. The van der Waals surface area contributed by atoms with Gasteiger partial charge in [0.25, 0.3) is 0 Å². The standard InChI is InChI=1S/C11H11F3N2O3/c12-11(13,14)7-1-2-10(9(5-7)16(17)18)19-8-3-4-15-6-8/h1-2,5,8,15H,3-4,6H2/t8-/m1/s1. The maximum absolute atomic E-state index is 12.5. The van der Waals surface area contributed by atoms with Crippen molar-refractivity contribution >= 4 is 5.69 Å². The smallest absolute Gasteiger partial charge is 0.416 e. The van der Waals surface area contributed by atoms with Gasteiger partial charge in [0, 0.05) is 12.6 Å². The summed E-state index contributed by atoms with van der Waals surface area (Å²) >= 11 is 0. The average Bonchev–Trinajstić information content (AvgIpc) is 2.80. The van der Waals surface area contributed by atoms with Crippen molar-refractivity contribution in [1.29, 1.82) is 0 Å². The molecular weight excluding hydrogens is 265 g/mol. The van der Waals surface area contributed by atoms with Crippen LogP contribution in [0.5, 0.6) is 5.75 Å². The number of rotatable bonds is 3. The Bertz CT molecular complexity index is 485. The van der Waals surface area contributed by atoms with Crippen molar-refractivity contribution < 1.29 is 22.8 Å². The number of nitro groups is 1. The lowest BCUT2D eigenvalue weighted by atomic mass is 10.2. The van der Waals surface area contributed by atoms with Crippen LogP contribution in [0.1, 0.15) is 12.0 Å². The van der Waals surface area contributed by atoms with E-state index >= 15 is 0 Å². The van der Waals surface area contributed by atoms with Gasteiger partial charge in [-0.1, -0.05) is 0 Å². The lowest BCUT2D eigenvalue weighted by Crippen LogP contribution is -2.20. The number of nitro benzene ring substituents is 1. The second-order valence-electron chi connectivity index (χ2n) is 4.17. The molecule has 0 unspecified atom stereocenters. The number of nitrogens with one attached hydrogen (secondary N) is 1. The van der Waals surface area contributed by atoms with Gasteiger partial charge in [0.2, 0.25) is 0 Å². The minimum Gasteiger partial charge on any atom is -0.482 e. The molecule has 1 aromatic carbocycles. The Labute approximate surface area is 106 Å². The number of ether oxygens (including phenoxy) is 1. The lowest BCUT2D eigenvalue weighted by molar-refractivity contribution is -0.386. The van der Waals surface area contributed by atoms with Gasteiger partial charge in [0.05, 0.1) is 10.5 Å². The third-order valence-corrected chi connectivity index (χ3v) is 2.79. The second-order valence-corrected chi connectivity index (χ2v) is 4.17. The van der Waals surface area contributed by atoms with E-state index in [1.165, 1.54) is 0 Å². The molecule has 0 aliphatic carbocycles. The molecular formula is C11H11F3N2O3. The van der Waals surface area contributed by atoms with Crippen LogP contribution < -0.4 is 10.1 Å². The summed E-state index contributed by atoms with van der Waals surface area (Å²) in [7, 11) is 0. The SMILES string of the molecule is O=[N+]([O-])c1cc(C(F)(F)F)ccc1O[C@@H]1CCNC1. The highest BCUT2D eigenvalue weighted by Gasteiger charge is 2.33. The van der Waals surface area contributed by atoms with Crippen LogP contribution in [-0.4, -0.2) is 24.1 Å². The van der Waals surface area contributed by atoms with Gasteiger partial charge >= 0.3 is 11.9 Å².